The zero-order valence-electron chi connectivity index (χ0n) is 10.7. The van der Waals surface area contributed by atoms with Gasteiger partial charge in [0.2, 0.25) is 10.0 Å². The Balaban J connectivity index is 1.88. The second-order valence-electron chi connectivity index (χ2n) is 4.80. The zero-order valence-corrected chi connectivity index (χ0v) is 11.6. The number of piperidine rings is 1. The molecular weight excluding hydrogens is 248 g/mol. The summed E-state index contributed by atoms with van der Waals surface area (Å²) < 4.78 is 25.1. The van der Waals surface area contributed by atoms with Crippen LogP contribution in [-0.2, 0) is 16.4 Å². The molecule has 1 saturated heterocycles. The highest BCUT2D eigenvalue weighted by Gasteiger charge is 2.26. The average Bonchev–Trinajstić information content (AvgIpc) is 2.40. The summed E-state index contributed by atoms with van der Waals surface area (Å²) in [6, 6.07) is 4.07. The van der Waals surface area contributed by atoms with Crippen molar-refractivity contribution in [2.45, 2.75) is 26.2 Å². The van der Waals surface area contributed by atoms with Crippen LogP contribution in [0.2, 0.25) is 0 Å². The molecule has 0 spiro atoms. The third-order valence-corrected chi connectivity index (χ3v) is 5.49. The summed E-state index contributed by atoms with van der Waals surface area (Å²) in [5, 5.41) is 0. The van der Waals surface area contributed by atoms with E-state index in [9.17, 15) is 8.42 Å². The van der Waals surface area contributed by atoms with Crippen LogP contribution in [0.3, 0.4) is 0 Å². The molecule has 0 bridgehead atoms. The molecular formula is C13H20N2O2S. The Hall–Kier alpha value is -0.940. The molecule has 0 N–H and O–H groups in total. The van der Waals surface area contributed by atoms with E-state index in [1.165, 1.54) is 5.56 Å². The van der Waals surface area contributed by atoms with E-state index in [0.29, 0.717) is 19.0 Å². The summed E-state index contributed by atoms with van der Waals surface area (Å²) in [5.41, 5.74) is 1.29. The van der Waals surface area contributed by atoms with Gasteiger partial charge in [-0.25, -0.2) is 12.7 Å². The van der Waals surface area contributed by atoms with Crippen molar-refractivity contribution in [1.29, 1.82) is 0 Å². The normalized spacial score (nSPS) is 18.9. The maximum Gasteiger partial charge on any atom is 0.213 e. The van der Waals surface area contributed by atoms with Crippen LogP contribution in [-0.4, -0.2) is 36.5 Å². The van der Waals surface area contributed by atoms with Crippen LogP contribution in [0.25, 0.3) is 0 Å². The van der Waals surface area contributed by atoms with Crippen LogP contribution in [0, 0.1) is 5.92 Å². The first-order valence-electron chi connectivity index (χ1n) is 6.48. The number of hydrogen-bond donors (Lipinski definition) is 0. The molecule has 0 aliphatic carbocycles. The summed E-state index contributed by atoms with van der Waals surface area (Å²) >= 11 is 0. The van der Waals surface area contributed by atoms with Crippen molar-refractivity contribution in [1.82, 2.24) is 9.29 Å². The lowest BCUT2D eigenvalue weighted by molar-refractivity contribution is 0.273. The first-order chi connectivity index (χ1) is 8.62. The van der Waals surface area contributed by atoms with E-state index in [4.69, 9.17) is 0 Å². The standard InChI is InChI=1S/C13H20N2O2S/c1-2-18(16,17)15-9-5-13(6-10-15)11-12-3-7-14-8-4-12/h3-4,7-8,13H,2,5-6,9-11H2,1H3. The Kier molecular flexibility index (Phi) is 4.35. The summed E-state index contributed by atoms with van der Waals surface area (Å²) in [5.74, 6) is 0.804. The zero-order chi connectivity index (χ0) is 13.0. The van der Waals surface area contributed by atoms with E-state index in [1.54, 1.807) is 11.2 Å². The van der Waals surface area contributed by atoms with E-state index in [2.05, 4.69) is 4.98 Å². The molecule has 100 valence electrons. The van der Waals surface area contributed by atoms with Crippen molar-refractivity contribution in [3.05, 3.63) is 30.1 Å². The van der Waals surface area contributed by atoms with Crippen molar-refractivity contribution in [2.24, 2.45) is 5.92 Å². The average molecular weight is 268 g/mol. The lowest BCUT2D eigenvalue weighted by atomic mass is 9.91. The maximum absolute atomic E-state index is 11.7. The number of rotatable bonds is 4. The van der Waals surface area contributed by atoms with Gasteiger partial charge >= 0.3 is 0 Å². The summed E-state index contributed by atoms with van der Waals surface area (Å²) in [7, 11) is -2.99. The quantitative estimate of drug-likeness (QED) is 0.835. The van der Waals surface area contributed by atoms with Gasteiger partial charge in [0.05, 0.1) is 5.75 Å². The lowest BCUT2D eigenvalue weighted by Gasteiger charge is -2.30. The Labute approximate surface area is 109 Å². The monoisotopic (exact) mass is 268 g/mol. The van der Waals surface area contributed by atoms with Crippen LogP contribution in [0.15, 0.2) is 24.5 Å². The predicted octanol–water partition coefficient (Wildman–Crippen LogP) is 1.69. The van der Waals surface area contributed by atoms with Gasteiger partial charge < -0.3 is 0 Å². The first kappa shape index (κ1) is 13.5. The molecule has 2 heterocycles. The van der Waals surface area contributed by atoms with Crippen LogP contribution < -0.4 is 0 Å². The third-order valence-electron chi connectivity index (χ3n) is 3.61. The fourth-order valence-corrected chi connectivity index (χ4v) is 3.56. The van der Waals surface area contributed by atoms with E-state index in [-0.39, 0.29) is 5.75 Å². The molecule has 0 radical (unpaired) electrons. The Bertz CT molecular complexity index is 465. The van der Waals surface area contributed by atoms with E-state index in [0.717, 1.165) is 19.3 Å². The minimum absolute atomic E-state index is 0.210. The van der Waals surface area contributed by atoms with Gasteiger partial charge in [0.1, 0.15) is 0 Å². The van der Waals surface area contributed by atoms with Crippen LogP contribution in [0.1, 0.15) is 25.3 Å². The Morgan fingerprint density at radius 1 is 1.28 bits per heavy atom. The molecule has 1 fully saturated rings. The third kappa shape index (κ3) is 3.29. The maximum atomic E-state index is 11.7. The highest BCUT2D eigenvalue weighted by molar-refractivity contribution is 7.89. The number of aromatic nitrogens is 1. The summed E-state index contributed by atoms with van der Waals surface area (Å²) in [4.78, 5) is 4.01. The Morgan fingerprint density at radius 2 is 1.89 bits per heavy atom. The molecule has 1 aliphatic heterocycles. The van der Waals surface area contributed by atoms with Gasteiger partial charge in [-0.3, -0.25) is 4.98 Å². The summed E-state index contributed by atoms with van der Waals surface area (Å²) in [6.07, 6.45) is 6.57. The second kappa shape index (κ2) is 5.80. The van der Waals surface area contributed by atoms with Crippen LogP contribution in [0.5, 0.6) is 0 Å². The molecule has 1 aromatic heterocycles. The van der Waals surface area contributed by atoms with Crippen LogP contribution in [0.4, 0.5) is 0 Å². The molecule has 0 aromatic carbocycles. The molecule has 0 unspecified atom stereocenters. The molecule has 1 aromatic rings. The molecule has 2 rings (SSSR count). The van der Waals surface area contributed by atoms with Gasteiger partial charge in [-0.1, -0.05) is 0 Å². The molecule has 5 heteroatoms. The van der Waals surface area contributed by atoms with Gasteiger partial charge in [-0.2, -0.15) is 0 Å². The predicted molar refractivity (Wildman–Crippen MR) is 71.7 cm³/mol. The number of hydrogen-bond acceptors (Lipinski definition) is 3. The highest BCUT2D eigenvalue weighted by atomic mass is 32.2. The van der Waals surface area contributed by atoms with Gasteiger partial charge in [0.25, 0.3) is 0 Å². The highest BCUT2D eigenvalue weighted by Crippen LogP contribution is 2.23. The van der Waals surface area contributed by atoms with Crippen molar-refractivity contribution >= 4 is 10.0 Å². The fraction of sp³-hybridized carbons (Fsp3) is 0.615. The SMILES string of the molecule is CCS(=O)(=O)N1CCC(Cc2ccncc2)CC1. The number of nitrogens with zero attached hydrogens (tertiary/aromatic N) is 2. The smallest absolute Gasteiger partial charge is 0.213 e. The molecule has 1 aliphatic rings. The minimum atomic E-state index is -2.99. The van der Waals surface area contributed by atoms with Gasteiger partial charge in [-0.05, 0) is 49.8 Å². The molecule has 4 nitrogen and oxygen atoms in total. The van der Waals surface area contributed by atoms with E-state index in [1.807, 2.05) is 24.5 Å². The van der Waals surface area contributed by atoms with Crippen LogP contribution >= 0.6 is 0 Å². The fourth-order valence-electron chi connectivity index (χ4n) is 2.43. The van der Waals surface area contributed by atoms with E-state index < -0.39 is 10.0 Å². The lowest BCUT2D eigenvalue weighted by Crippen LogP contribution is -2.39. The summed E-state index contributed by atoms with van der Waals surface area (Å²) in [6.45, 7) is 3.05. The van der Waals surface area contributed by atoms with Crippen molar-refractivity contribution in [3.8, 4) is 0 Å². The van der Waals surface area contributed by atoms with Gasteiger partial charge in [0.15, 0.2) is 0 Å². The molecule has 0 amide bonds. The van der Waals surface area contributed by atoms with Gasteiger partial charge in [-0.15, -0.1) is 0 Å². The Morgan fingerprint density at radius 3 is 2.44 bits per heavy atom. The largest absolute Gasteiger partial charge is 0.265 e. The number of sulfonamides is 1. The minimum Gasteiger partial charge on any atom is -0.265 e. The van der Waals surface area contributed by atoms with Crippen molar-refractivity contribution < 1.29 is 8.42 Å². The topological polar surface area (TPSA) is 50.3 Å². The molecule has 18 heavy (non-hydrogen) atoms. The molecule has 0 saturated carbocycles. The van der Waals surface area contributed by atoms with Crippen molar-refractivity contribution in [3.63, 3.8) is 0 Å². The molecule has 0 atom stereocenters. The van der Waals surface area contributed by atoms with E-state index >= 15 is 0 Å². The first-order valence-corrected chi connectivity index (χ1v) is 8.09. The van der Waals surface area contributed by atoms with Crippen molar-refractivity contribution in [2.75, 3.05) is 18.8 Å². The second-order valence-corrected chi connectivity index (χ2v) is 7.06. The van der Waals surface area contributed by atoms with Gasteiger partial charge in [0, 0.05) is 25.5 Å². The number of pyridine rings is 1.